The van der Waals surface area contributed by atoms with Crippen molar-refractivity contribution >= 4 is 11.7 Å². The van der Waals surface area contributed by atoms with Crippen molar-refractivity contribution in [1.29, 1.82) is 0 Å². The summed E-state index contributed by atoms with van der Waals surface area (Å²) in [7, 11) is 4.67. The summed E-state index contributed by atoms with van der Waals surface area (Å²) in [6.45, 7) is 5.49. The largest absolute Gasteiger partial charge is 0.493 e. The molecule has 0 radical (unpaired) electrons. The first-order valence-corrected chi connectivity index (χ1v) is 11.9. The number of nitrogens with one attached hydrogen (secondary N) is 1. The van der Waals surface area contributed by atoms with Crippen molar-refractivity contribution in [3.8, 4) is 17.2 Å². The molecule has 0 unspecified atom stereocenters. The van der Waals surface area contributed by atoms with E-state index in [4.69, 9.17) is 14.2 Å². The van der Waals surface area contributed by atoms with Crippen LogP contribution in [0, 0.1) is 5.92 Å². The van der Waals surface area contributed by atoms with Gasteiger partial charge in [-0.3, -0.25) is 0 Å². The van der Waals surface area contributed by atoms with Crippen molar-refractivity contribution in [2.45, 2.75) is 26.2 Å². The zero-order valence-electron chi connectivity index (χ0n) is 21.3. The molecule has 0 spiro atoms. The van der Waals surface area contributed by atoms with E-state index in [0.29, 0.717) is 41.9 Å². The van der Waals surface area contributed by atoms with Crippen LogP contribution in [0.15, 0.2) is 72.8 Å². The van der Waals surface area contributed by atoms with Crippen molar-refractivity contribution < 1.29 is 19.0 Å². The Morgan fingerprint density at radius 1 is 0.829 bits per heavy atom. The van der Waals surface area contributed by atoms with Gasteiger partial charge in [0.2, 0.25) is 5.75 Å². The van der Waals surface area contributed by atoms with Crippen molar-refractivity contribution in [1.82, 2.24) is 4.90 Å². The molecular formula is C29H36N2O4. The quantitative estimate of drug-likeness (QED) is 0.347. The normalized spacial score (nSPS) is 10.8. The number of nitrogens with zero attached hydrogens (tertiary/aromatic N) is 1. The van der Waals surface area contributed by atoms with Gasteiger partial charge in [0, 0.05) is 31.1 Å². The van der Waals surface area contributed by atoms with Crippen molar-refractivity contribution in [3.05, 3.63) is 83.9 Å². The van der Waals surface area contributed by atoms with Gasteiger partial charge >= 0.3 is 6.03 Å². The van der Waals surface area contributed by atoms with E-state index in [2.05, 4.69) is 67.7 Å². The molecule has 35 heavy (non-hydrogen) atoms. The summed E-state index contributed by atoms with van der Waals surface area (Å²) in [5, 5.41) is 3.02. The van der Waals surface area contributed by atoms with Gasteiger partial charge in [0.1, 0.15) is 0 Å². The number of ether oxygens (including phenoxy) is 3. The Kier molecular flexibility index (Phi) is 9.41. The highest BCUT2D eigenvalue weighted by Gasteiger charge is 2.21. The third kappa shape index (κ3) is 6.92. The number of amides is 2. The smallest absolute Gasteiger partial charge is 0.321 e. The summed E-state index contributed by atoms with van der Waals surface area (Å²) in [5.41, 5.74) is 3.07. The Bertz CT molecular complexity index is 1010. The fourth-order valence-electron chi connectivity index (χ4n) is 4.25. The topological polar surface area (TPSA) is 60.0 Å². The van der Waals surface area contributed by atoms with Gasteiger partial charge in [-0.15, -0.1) is 0 Å². The second-order valence-corrected chi connectivity index (χ2v) is 8.85. The maximum atomic E-state index is 13.4. The van der Waals surface area contributed by atoms with Crippen LogP contribution in [0.3, 0.4) is 0 Å². The fourth-order valence-corrected chi connectivity index (χ4v) is 4.25. The van der Waals surface area contributed by atoms with E-state index < -0.39 is 0 Å². The summed E-state index contributed by atoms with van der Waals surface area (Å²) < 4.78 is 16.3. The van der Waals surface area contributed by atoms with Gasteiger partial charge in [-0.25, -0.2) is 4.79 Å². The average Bonchev–Trinajstić information content (AvgIpc) is 2.88. The number of hydrogen-bond acceptors (Lipinski definition) is 4. The highest BCUT2D eigenvalue weighted by atomic mass is 16.5. The molecule has 0 saturated heterocycles. The highest BCUT2D eigenvalue weighted by Crippen LogP contribution is 2.40. The van der Waals surface area contributed by atoms with Crippen LogP contribution >= 0.6 is 0 Å². The number of rotatable bonds is 11. The van der Waals surface area contributed by atoms with Crippen molar-refractivity contribution in [2.75, 3.05) is 39.7 Å². The van der Waals surface area contributed by atoms with Gasteiger partial charge < -0.3 is 24.4 Å². The summed E-state index contributed by atoms with van der Waals surface area (Å²) >= 11 is 0. The van der Waals surface area contributed by atoms with E-state index in [9.17, 15) is 4.79 Å². The zero-order chi connectivity index (χ0) is 25.2. The molecular weight excluding hydrogens is 440 g/mol. The molecule has 2 amide bonds. The standard InChI is InChI=1S/C29H36N2O4/c1-21(2)20-31(29(32)30-24-18-26(33-3)28(35-5)27(19-24)34-4)17-16-25(22-12-8-6-9-13-22)23-14-10-7-11-15-23/h6-15,18-19,21,25H,16-17,20H2,1-5H3,(H,30,32). The first-order chi connectivity index (χ1) is 17.0. The minimum absolute atomic E-state index is 0.159. The molecule has 6 nitrogen and oxygen atoms in total. The molecule has 0 fully saturated rings. The van der Waals surface area contributed by atoms with Gasteiger partial charge in [-0.2, -0.15) is 0 Å². The molecule has 3 rings (SSSR count). The van der Waals surface area contributed by atoms with Gasteiger partial charge in [0.15, 0.2) is 11.5 Å². The van der Waals surface area contributed by atoms with Crippen LogP contribution in [0.5, 0.6) is 17.2 Å². The number of hydrogen-bond donors (Lipinski definition) is 1. The second kappa shape index (κ2) is 12.7. The number of methoxy groups -OCH3 is 3. The lowest BCUT2D eigenvalue weighted by atomic mass is 9.88. The Hall–Kier alpha value is -3.67. The summed E-state index contributed by atoms with van der Waals surface area (Å²) in [6.07, 6.45) is 0.809. The van der Waals surface area contributed by atoms with Gasteiger partial charge in [0.25, 0.3) is 0 Å². The SMILES string of the molecule is COc1cc(NC(=O)N(CCC(c2ccccc2)c2ccccc2)CC(C)C)cc(OC)c1OC. The van der Waals surface area contributed by atoms with Crippen LogP contribution in [-0.2, 0) is 0 Å². The van der Waals surface area contributed by atoms with Crippen molar-refractivity contribution in [2.24, 2.45) is 5.92 Å². The number of urea groups is 1. The Morgan fingerprint density at radius 3 is 1.77 bits per heavy atom. The average molecular weight is 477 g/mol. The molecule has 0 saturated carbocycles. The molecule has 0 atom stereocenters. The van der Waals surface area contributed by atoms with Gasteiger partial charge in [-0.05, 0) is 23.5 Å². The predicted molar refractivity (Wildman–Crippen MR) is 141 cm³/mol. The van der Waals surface area contributed by atoms with Gasteiger partial charge in [-0.1, -0.05) is 74.5 Å². The van der Waals surface area contributed by atoms with E-state index in [1.54, 1.807) is 33.5 Å². The van der Waals surface area contributed by atoms with Crippen LogP contribution in [0.1, 0.15) is 37.3 Å². The molecule has 0 bridgehead atoms. The van der Waals surface area contributed by atoms with Crippen molar-refractivity contribution in [3.63, 3.8) is 0 Å². The monoisotopic (exact) mass is 476 g/mol. The molecule has 3 aromatic carbocycles. The lowest BCUT2D eigenvalue weighted by Crippen LogP contribution is -2.38. The number of anilines is 1. The maximum absolute atomic E-state index is 13.4. The second-order valence-electron chi connectivity index (χ2n) is 8.85. The van der Waals surface area contributed by atoms with E-state index in [-0.39, 0.29) is 11.9 Å². The molecule has 0 heterocycles. The minimum Gasteiger partial charge on any atom is -0.493 e. The number of benzene rings is 3. The van der Waals surface area contributed by atoms with Gasteiger partial charge in [0.05, 0.1) is 27.0 Å². The minimum atomic E-state index is -0.159. The molecule has 0 aliphatic carbocycles. The van der Waals surface area contributed by atoms with E-state index >= 15 is 0 Å². The molecule has 6 heteroatoms. The zero-order valence-corrected chi connectivity index (χ0v) is 21.3. The van der Waals surface area contributed by atoms with Crippen LogP contribution in [0.25, 0.3) is 0 Å². The number of carbonyl (C=O) groups is 1. The molecule has 186 valence electrons. The lowest BCUT2D eigenvalue weighted by Gasteiger charge is -2.28. The summed E-state index contributed by atoms with van der Waals surface area (Å²) in [6, 6.07) is 24.2. The molecule has 3 aromatic rings. The first-order valence-electron chi connectivity index (χ1n) is 11.9. The molecule has 0 aliphatic rings. The molecule has 1 N–H and O–H groups in total. The Morgan fingerprint density at radius 2 is 1.34 bits per heavy atom. The Labute approximate surface area is 208 Å². The maximum Gasteiger partial charge on any atom is 0.321 e. The number of carbonyl (C=O) groups excluding carboxylic acids is 1. The predicted octanol–water partition coefficient (Wildman–Crippen LogP) is 6.42. The van der Waals surface area contributed by atoms with E-state index in [1.807, 2.05) is 17.0 Å². The summed E-state index contributed by atoms with van der Waals surface area (Å²) in [5.74, 6) is 1.99. The molecule has 0 aromatic heterocycles. The third-order valence-corrected chi connectivity index (χ3v) is 5.88. The van der Waals surface area contributed by atoms with Crippen LogP contribution in [0.2, 0.25) is 0 Å². The van der Waals surface area contributed by atoms with E-state index in [0.717, 1.165) is 6.42 Å². The molecule has 0 aliphatic heterocycles. The Balaban J connectivity index is 1.81. The van der Waals surface area contributed by atoms with Crippen LogP contribution < -0.4 is 19.5 Å². The first kappa shape index (κ1) is 25.9. The fraction of sp³-hybridized carbons (Fsp3) is 0.345. The summed E-state index contributed by atoms with van der Waals surface area (Å²) in [4.78, 5) is 15.3. The van der Waals surface area contributed by atoms with Crippen LogP contribution in [-0.4, -0.2) is 45.3 Å². The van der Waals surface area contributed by atoms with E-state index in [1.165, 1.54) is 11.1 Å². The lowest BCUT2D eigenvalue weighted by molar-refractivity contribution is 0.203. The van der Waals surface area contributed by atoms with Crippen LogP contribution in [0.4, 0.5) is 10.5 Å². The third-order valence-electron chi connectivity index (χ3n) is 5.88. The highest BCUT2D eigenvalue weighted by molar-refractivity contribution is 5.90.